The van der Waals surface area contributed by atoms with Crippen molar-refractivity contribution in [3.8, 4) is 0 Å². The number of halogens is 1. The van der Waals surface area contributed by atoms with E-state index in [1.807, 2.05) is 0 Å². The highest BCUT2D eigenvalue weighted by Gasteiger charge is 2.14. The van der Waals surface area contributed by atoms with Crippen LogP contribution in [-0.4, -0.2) is 15.6 Å². The maximum atomic E-state index is 13.7. The van der Waals surface area contributed by atoms with Gasteiger partial charge in [0.15, 0.2) is 5.82 Å². The molecule has 0 spiro atoms. The summed E-state index contributed by atoms with van der Waals surface area (Å²) in [6.45, 7) is 0.0383. The van der Waals surface area contributed by atoms with Gasteiger partial charge in [-0.1, -0.05) is 23.4 Å². The Morgan fingerprint density at radius 2 is 2.04 bits per heavy atom. The van der Waals surface area contributed by atoms with Gasteiger partial charge in [0.2, 0.25) is 0 Å². The lowest BCUT2D eigenvalue weighted by Gasteiger charge is -2.08. The van der Waals surface area contributed by atoms with Crippen molar-refractivity contribution in [1.82, 2.24) is 9.72 Å². The molecule has 7 heteroatoms. The van der Waals surface area contributed by atoms with Crippen molar-refractivity contribution in [1.29, 1.82) is 0 Å². The normalized spacial score (nSPS) is 10.5. The van der Waals surface area contributed by atoms with Crippen LogP contribution < -0.4 is 10.9 Å². The van der Waals surface area contributed by atoms with Gasteiger partial charge in [0, 0.05) is 17.8 Å². The van der Waals surface area contributed by atoms with Crippen molar-refractivity contribution < 1.29 is 13.7 Å². The number of benzene rings is 1. The molecule has 0 unspecified atom stereocenters. The number of nitrogens with zero attached hydrogens (tertiary/aromatic N) is 2. The molecule has 0 aliphatic rings. The summed E-state index contributed by atoms with van der Waals surface area (Å²) in [6.07, 6.45) is 2.80. The molecular weight excluding hydrogens is 301 g/mol. The summed E-state index contributed by atoms with van der Waals surface area (Å²) < 4.78 is 19.6. The summed E-state index contributed by atoms with van der Waals surface area (Å²) in [4.78, 5) is 24.5. The van der Waals surface area contributed by atoms with Crippen molar-refractivity contribution in [3.05, 3.63) is 82.2 Å². The number of carbonyl (C=O) groups is 1. The molecule has 0 saturated heterocycles. The number of pyridine rings is 1. The minimum absolute atomic E-state index is 0.0383. The maximum absolute atomic E-state index is 13.7. The monoisotopic (exact) mass is 313 g/mol. The van der Waals surface area contributed by atoms with E-state index in [0.29, 0.717) is 5.56 Å². The van der Waals surface area contributed by atoms with Crippen LogP contribution in [0.2, 0.25) is 0 Å². The molecule has 0 atom stereocenters. The van der Waals surface area contributed by atoms with E-state index in [-0.39, 0.29) is 17.9 Å². The van der Waals surface area contributed by atoms with Crippen LogP contribution in [0.4, 0.5) is 10.2 Å². The lowest BCUT2D eigenvalue weighted by atomic mass is 10.2. The summed E-state index contributed by atoms with van der Waals surface area (Å²) in [5.74, 6) is -0.803. The largest absolute Gasteiger partial charge is 0.363 e. The highest BCUT2D eigenvalue weighted by Crippen LogP contribution is 2.08. The number of hydrogen-bond donors (Lipinski definition) is 1. The molecule has 0 fully saturated rings. The van der Waals surface area contributed by atoms with Crippen LogP contribution in [0.25, 0.3) is 0 Å². The average Bonchev–Trinajstić information content (AvgIpc) is 3.04. The van der Waals surface area contributed by atoms with Crippen LogP contribution in [0.5, 0.6) is 0 Å². The summed E-state index contributed by atoms with van der Waals surface area (Å²) >= 11 is 0. The smallest absolute Gasteiger partial charge is 0.263 e. The number of hydrogen-bond acceptors (Lipinski definition) is 4. The van der Waals surface area contributed by atoms with Crippen molar-refractivity contribution in [2.24, 2.45) is 0 Å². The molecule has 1 aromatic carbocycles. The van der Waals surface area contributed by atoms with Crippen LogP contribution >= 0.6 is 0 Å². The zero-order valence-electron chi connectivity index (χ0n) is 11.9. The van der Waals surface area contributed by atoms with E-state index in [1.54, 1.807) is 24.3 Å². The third-order valence-corrected chi connectivity index (χ3v) is 3.24. The molecule has 0 saturated carbocycles. The van der Waals surface area contributed by atoms with Gasteiger partial charge in [-0.2, -0.15) is 0 Å². The van der Waals surface area contributed by atoms with Crippen LogP contribution in [0.3, 0.4) is 0 Å². The molecule has 2 aromatic heterocycles. The summed E-state index contributed by atoms with van der Waals surface area (Å²) in [5, 5.41) is 6.00. The molecule has 116 valence electrons. The standard InChI is InChI=1S/C16H12FN3O3/c17-13-6-2-1-4-11(13)10-20-8-3-5-12(16(20)22)15(21)18-14-7-9-23-19-14/h1-9H,10H2,(H,18,19,21). The lowest BCUT2D eigenvalue weighted by molar-refractivity contribution is 0.102. The second-order valence-corrected chi connectivity index (χ2v) is 4.79. The molecule has 6 nitrogen and oxygen atoms in total. The molecule has 0 aliphatic heterocycles. The first kappa shape index (κ1) is 14.7. The average molecular weight is 313 g/mol. The van der Waals surface area contributed by atoms with Gasteiger partial charge in [0.05, 0.1) is 6.54 Å². The second kappa shape index (κ2) is 6.27. The van der Waals surface area contributed by atoms with Gasteiger partial charge in [-0.15, -0.1) is 0 Å². The van der Waals surface area contributed by atoms with Crippen LogP contribution in [0, 0.1) is 5.82 Å². The van der Waals surface area contributed by atoms with E-state index in [4.69, 9.17) is 0 Å². The predicted octanol–water partition coefficient (Wildman–Crippen LogP) is 2.28. The first-order valence-electron chi connectivity index (χ1n) is 6.80. The number of anilines is 1. The number of amides is 1. The van der Waals surface area contributed by atoms with Gasteiger partial charge in [-0.05, 0) is 18.2 Å². The van der Waals surface area contributed by atoms with E-state index in [1.165, 1.54) is 35.2 Å². The minimum Gasteiger partial charge on any atom is -0.363 e. The van der Waals surface area contributed by atoms with Crippen molar-refractivity contribution in [3.63, 3.8) is 0 Å². The van der Waals surface area contributed by atoms with Crippen molar-refractivity contribution in [2.45, 2.75) is 6.54 Å². The fourth-order valence-electron chi connectivity index (χ4n) is 2.10. The van der Waals surface area contributed by atoms with Gasteiger partial charge in [-0.25, -0.2) is 4.39 Å². The third-order valence-electron chi connectivity index (χ3n) is 3.24. The number of carbonyl (C=O) groups excluding carboxylic acids is 1. The molecule has 2 heterocycles. The molecule has 1 amide bonds. The van der Waals surface area contributed by atoms with Gasteiger partial charge in [0.25, 0.3) is 11.5 Å². The van der Waals surface area contributed by atoms with E-state index in [0.717, 1.165) is 0 Å². The molecule has 3 rings (SSSR count). The van der Waals surface area contributed by atoms with Gasteiger partial charge in [0.1, 0.15) is 17.6 Å². The Balaban J connectivity index is 1.88. The lowest BCUT2D eigenvalue weighted by Crippen LogP contribution is -2.29. The summed E-state index contributed by atoms with van der Waals surface area (Å²) in [6, 6.07) is 10.6. The Bertz CT molecular complexity index is 888. The molecular formula is C16H12FN3O3. The molecule has 23 heavy (non-hydrogen) atoms. The number of nitrogens with one attached hydrogen (secondary N) is 1. The second-order valence-electron chi connectivity index (χ2n) is 4.79. The minimum atomic E-state index is -0.605. The Morgan fingerprint density at radius 3 is 2.78 bits per heavy atom. The molecule has 0 radical (unpaired) electrons. The van der Waals surface area contributed by atoms with E-state index < -0.39 is 17.3 Å². The zero-order valence-corrected chi connectivity index (χ0v) is 11.9. The van der Waals surface area contributed by atoms with E-state index >= 15 is 0 Å². The molecule has 3 aromatic rings. The quantitative estimate of drug-likeness (QED) is 0.801. The van der Waals surface area contributed by atoms with Gasteiger partial charge >= 0.3 is 0 Å². The van der Waals surface area contributed by atoms with Crippen LogP contribution in [0.1, 0.15) is 15.9 Å². The molecule has 1 N–H and O–H groups in total. The number of rotatable bonds is 4. The summed E-state index contributed by atoms with van der Waals surface area (Å²) in [5.41, 5.74) is -0.216. The SMILES string of the molecule is O=C(Nc1ccon1)c1cccn(Cc2ccccc2F)c1=O. The predicted molar refractivity (Wildman–Crippen MR) is 80.7 cm³/mol. The fourth-order valence-corrected chi connectivity index (χ4v) is 2.10. The third kappa shape index (κ3) is 3.18. The highest BCUT2D eigenvalue weighted by molar-refractivity contribution is 6.03. The first-order valence-corrected chi connectivity index (χ1v) is 6.80. The highest BCUT2D eigenvalue weighted by atomic mass is 19.1. The Kier molecular flexibility index (Phi) is 4.01. The Labute approximate surface area is 130 Å². The topological polar surface area (TPSA) is 77.1 Å². The van der Waals surface area contributed by atoms with E-state index in [9.17, 15) is 14.0 Å². The summed E-state index contributed by atoms with van der Waals surface area (Å²) in [7, 11) is 0. The fraction of sp³-hybridized carbons (Fsp3) is 0.0625. The Morgan fingerprint density at radius 1 is 1.22 bits per heavy atom. The van der Waals surface area contributed by atoms with Crippen molar-refractivity contribution in [2.75, 3.05) is 5.32 Å². The van der Waals surface area contributed by atoms with Crippen LogP contribution in [-0.2, 0) is 6.54 Å². The molecule has 0 aliphatic carbocycles. The van der Waals surface area contributed by atoms with Crippen molar-refractivity contribution >= 4 is 11.7 Å². The first-order chi connectivity index (χ1) is 11.1. The molecule has 0 bridgehead atoms. The van der Waals surface area contributed by atoms with Gasteiger partial charge in [-0.3, -0.25) is 9.59 Å². The maximum Gasteiger partial charge on any atom is 0.263 e. The zero-order chi connectivity index (χ0) is 16.2. The number of aromatic nitrogens is 2. The van der Waals surface area contributed by atoms with Crippen LogP contribution in [0.15, 0.2) is 64.2 Å². The van der Waals surface area contributed by atoms with E-state index in [2.05, 4.69) is 15.0 Å². The van der Waals surface area contributed by atoms with Gasteiger partial charge < -0.3 is 14.4 Å². The Hall–Kier alpha value is -3.22.